The third kappa shape index (κ3) is 2.61. The first-order valence-electron chi connectivity index (χ1n) is 8.73. The van der Waals surface area contributed by atoms with Crippen LogP contribution < -0.4 is 0 Å². The van der Waals surface area contributed by atoms with Crippen LogP contribution in [-0.4, -0.2) is 35.1 Å². The van der Waals surface area contributed by atoms with Gasteiger partial charge < -0.3 is 10.0 Å². The summed E-state index contributed by atoms with van der Waals surface area (Å²) < 4.78 is 1.07. The molecule has 1 aliphatic carbocycles. The van der Waals surface area contributed by atoms with Crippen molar-refractivity contribution in [2.75, 3.05) is 20.1 Å². The third-order valence-corrected chi connectivity index (χ3v) is 6.20. The highest BCUT2D eigenvalue weighted by molar-refractivity contribution is 9.10. The van der Waals surface area contributed by atoms with Gasteiger partial charge in [0, 0.05) is 16.6 Å². The maximum absolute atomic E-state index is 12.1. The second-order valence-corrected chi connectivity index (χ2v) is 8.07. The number of piperidine rings is 1. The highest BCUT2D eigenvalue weighted by Crippen LogP contribution is 2.45. The Morgan fingerprint density at radius 2 is 1.92 bits per heavy atom. The summed E-state index contributed by atoms with van der Waals surface area (Å²) in [6.45, 7) is 2.06. The van der Waals surface area contributed by atoms with Crippen LogP contribution in [0.4, 0.5) is 0 Å². The van der Waals surface area contributed by atoms with E-state index in [1.54, 1.807) is 0 Å². The van der Waals surface area contributed by atoms with Crippen molar-refractivity contribution in [3.63, 3.8) is 0 Å². The molecule has 1 fully saturated rings. The van der Waals surface area contributed by atoms with Crippen molar-refractivity contribution in [1.82, 2.24) is 9.88 Å². The number of pyridine rings is 1. The molecule has 1 aromatic heterocycles. The molecule has 1 N–H and O–H groups in total. The average Bonchev–Trinajstić information content (AvgIpc) is 2.71. The van der Waals surface area contributed by atoms with E-state index in [9.17, 15) is 5.11 Å². The molecule has 0 amide bonds. The van der Waals surface area contributed by atoms with Crippen molar-refractivity contribution in [2.24, 2.45) is 5.92 Å². The van der Waals surface area contributed by atoms with Crippen molar-refractivity contribution in [1.29, 1.82) is 0 Å². The first-order valence-corrected chi connectivity index (χ1v) is 9.52. The Morgan fingerprint density at radius 3 is 2.71 bits per heavy atom. The van der Waals surface area contributed by atoms with Crippen molar-refractivity contribution < 1.29 is 5.11 Å². The van der Waals surface area contributed by atoms with E-state index >= 15 is 0 Å². The van der Waals surface area contributed by atoms with Crippen LogP contribution in [0.1, 0.15) is 35.2 Å². The lowest BCUT2D eigenvalue weighted by Gasteiger charge is -2.41. The van der Waals surface area contributed by atoms with Gasteiger partial charge >= 0.3 is 0 Å². The number of benzene rings is 1. The summed E-state index contributed by atoms with van der Waals surface area (Å²) >= 11 is 3.59. The largest absolute Gasteiger partial charge is 0.378 e. The van der Waals surface area contributed by atoms with Gasteiger partial charge in [-0.1, -0.05) is 28.1 Å². The van der Waals surface area contributed by atoms with Crippen LogP contribution >= 0.6 is 15.9 Å². The molecule has 1 aromatic carbocycles. The molecule has 2 aliphatic rings. The van der Waals surface area contributed by atoms with Crippen LogP contribution in [-0.2, 0) is 18.4 Å². The predicted octanol–water partition coefficient (Wildman–Crippen LogP) is 3.52. The topological polar surface area (TPSA) is 36.4 Å². The maximum Gasteiger partial charge on any atom is 0.135 e. The van der Waals surface area contributed by atoms with E-state index in [2.05, 4.69) is 51.1 Å². The summed E-state index contributed by atoms with van der Waals surface area (Å²) in [6, 6.07) is 10.4. The summed E-state index contributed by atoms with van der Waals surface area (Å²) in [5.41, 5.74) is 3.37. The van der Waals surface area contributed by atoms with Gasteiger partial charge in [-0.25, -0.2) is 0 Å². The molecule has 2 aromatic rings. The molecule has 1 saturated heterocycles. The highest BCUT2D eigenvalue weighted by Gasteiger charge is 2.45. The first kappa shape index (κ1) is 16.2. The minimum Gasteiger partial charge on any atom is -0.378 e. The van der Waals surface area contributed by atoms with E-state index in [1.807, 2.05) is 18.3 Å². The van der Waals surface area contributed by atoms with Crippen LogP contribution in [0.15, 0.2) is 41.0 Å². The lowest BCUT2D eigenvalue weighted by atomic mass is 9.72. The smallest absolute Gasteiger partial charge is 0.135 e. The molecular formula is C20H23BrN2O. The fourth-order valence-electron chi connectivity index (χ4n) is 4.36. The monoisotopic (exact) mass is 386 g/mol. The van der Waals surface area contributed by atoms with E-state index in [1.165, 1.54) is 11.1 Å². The fourth-order valence-corrected chi connectivity index (χ4v) is 4.77. The fraction of sp³-hybridized carbons (Fsp3) is 0.450. The quantitative estimate of drug-likeness (QED) is 0.814. The normalized spacial score (nSPS) is 25.0. The van der Waals surface area contributed by atoms with E-state index < -0.39 is 5.60 Å². The van der Waals surface area contributed by atoms with Crippen LogP contribution in [0.25, 0.3) is 0 Å². The van der Waals surface area contributed by atoms with Gasteiger partial charge in [0.05, 0.1) is 5.69 Å². The predicted molar refractivity (Wildman–Crippen MR) is 99.0 cm³/mol. The molecule has 0 bridgehead atoms. The second-order valence-electron chi connectivity index (χ2n) is 7.16. The molecule has 1 unspecified atom stereocenters. The second kappa shape index (κ2) is 6.25. The van der Waals surface area contributed by atoms with Crippen LogP contribution in [0.2, 0.25) is 0 Å². The molecule has 4 heteroatoms. The molecule has 0 saturated carbocycles. The zero-order valence-electron chi connectivity index (χ0n) is 14.0. The number of likely N-dealkylation sites (tertiary alicyclic amines) is 1. The van der Waals surface area contributed by atoms with Gasteiger partial charge in [0.25, 0.3) is 0 Å². The number of halogens is 1. The molecule has 0 radical (unpaired) electrons. The molecule has 1 atom stereocenters. The first-order chi connectivity index (χ1) is 11.6. The minimum absolute atomic E-state index is 0.209. The van der Waals surface area contributed by atoms with Gasteiger partial charge in [-0.15, -0.1) is 0 Å². The number of aryl methyl sites for hydroxylation is 2. The molecule has 1 aliphatic heterocycles. The zero-order chi connectivity index (χ0) is 16.7. The van der Waals surface area contributed by atoms with E-state index in [4.69, 9.17) is 0 Å². The number of aliphatic hydroxyl groups is 1. The van der Waals surface area contributed by atoms with Crippen molar-refractivity contribution in [3.05, 3.63) is 63.4 Å². The van der Waals surface area contributed by atoms with Crippen molar-refractivity contribution in [2.45, 2.75) is 31.3 Å². The minimum atomic E-state index is -0.982. The summed E-state index contributed by atoms with van der Waals surface area (Å²) in [6.07, 6.45) is 5.70. The van der Waals surface area contributed by atoms with Gasteiger partial charge in [-0.05, 0) is 80.7 Å². The Bertz CT molecular complexity index is 755. The van der Waals surface area contributed by atoms with Crippen molar-refractivity contribution >= 4 is 15.9 Å². The van der Waals surface area contributed by atoms with Gasteiger partial charge in [-0.3, -0.25) is 4.98 Å². The molecule has 0 spiro atoms. The van der Waals surface area contributed by atoms with Gasteiger partial charge in [0.1, 0.15) is 5.60 Å². The van der Waals surface area contributed by atoms with Crippen molar-refractivity contribution in [3.8, 4) is 0 Å². The lowest BCUT2D eigenvalue weighted by Crippen LogP contribution is -2.44. The van der Waals surface area contributed by atoms with Crippen LogP contribution in [0.5, 0.6) is 0 Å². The number of hydrogen-bond donors (Lipinski definition) is 1. The molecular weight excluding hydrogens is 364 g/mol. The van der Waals surface area contributed by atoms with E-state index in [0.29, 0.717) is 0 Å². The molecule has 2 heterocycles. The summed E-state index contributed by atoms with van der Waals surface area (Å²) in [7, 11) is 2.16. The van der Waals surface area contributed by atoms with E-state index in [0.717, 1.165) is 54.5 Å². The van der Waals surface area contributed by atoms with Gasteiger partial charge in [0.15, 0.2) is 0 Å². The highest BCUT2D eigenvalue weighted by atomic mass is 79.9. The summed E-state index contributed by atoms with van der Waals surface area (Å²) in [5, 5.41) is 12.1. The number of nitrogens with zero attached hydrogens (tertiary/aromatic N) is 2. The molecule has 3 nitrogen and oxygen atoms in total. The number of hydrogen-bond acceptors (Lipinski definition) is 3. The van der Waals surface area contributed by atoms with Crippen LogP contribution in [0, 0.1) is 5.92 Å². The summed E-state index contributed by atoms with van der Waals surface area (Å²) in [4.78, 5) is 7.02. The van der Waals surface area contributed by atoms with Crippen LogP contribution in [0.3, 0.4) is 0 Å². The SMILES string of the molecule is CN1CCC(C2(O)c3ccc(Br)cc3CCc3cccnc32)CC1. The lowest BCUT2D eigenvalue weighted by molar-refractivity contribution is -0.0148. The number of fused-ring (bicyclic) bond motifs is 2. The van der Waals surface area contributed by atoms with Gasteiger partial charge in [0.2, 0.25) is 0 Å². The number of aromatic nitrogens is 1. The average molecular weight is 387 g/mol. The Kier molecular flexibility index (Phi) is 4.23. The van der Waals surface area contributed by atoms with E-state index in [-0.39, 0.29) is 5.92 Å². The van der Waals surface area contributed by atoms with Gasteiger partial charge in [-0.2, -0.15) is 0 Å². The maximum atomic E-state index is 12.1. The Labute approximate surface area is 151 Å². The third-order valence-electron chi connectivity index (χ3n) is 5.70. The Balaban J connectivity index is 1.90. The molecule has 126 valence electrons. The zero-order valence-corrected chi connectivity index (χ0v) is 15.6. The number of rotatable bonds is 1. The standard InChI is InChI=1S/C20H23BrN2O/c1-23-11-8-16(9-12-23)20(24)18-7-6-17(21)13-15(18)5-4-14-3-2-10-22-19(14)20/h2-3,6-7,10,13,16,24H,4-5,8-9,11-12H2,1H3. The Morgan fingerprint density at radius 1 is 1.17 bits per heavy atom. The molecule has 24 heavy (non-hydrogen) atoms. The summed E-state index contributed by atoms with van der Waals surface area (Å²) in [5.74, 6) is 0.209. The molecule has 4 rings (SSSR count). The Hall–Kier alpha value is -1.23.